The summed E-state index contributed by atoms with van der Waals surface area (Å²) >= 11 is 5.79. The van der Waals surface area contributed by atoms with Crippen LogP contribution in [0.4, 0.5) is 0 Å². The SMILES string of the molecule is CNCCN(C)Cc1cc(Cl)c[nH]1. The normalized spacial score (nSPS) is 11.1. The van der Waals surface area contributed by atoms with Crippen molar-refractivity contribution in [2.75, 3.05) is 27.2 Å². The van der Waals surface area contributed by atoms with Crippen molar-refractivity contribution in [1.29, 1.82) is 0 Å². The highest BCUT2D eigenvalue weighted by Crippen LogP contribution is 2.10. The van der Waals surface area contributed by atoms with E-state index in [4.69, 9.17) is 11.6 Å². The smallest absolute Gasteiger partial charge is 0.0583 e. The Hall–Kier alpha value is -0.510. The average molecular weight is 202 g/mol. The van der Waals surface area contributed by atoms with Crippen LogP contribution in [0.5, 0.6) is 0 Å². The van der Waals surface area contributed by atoms with Gasteiger partial charge in [-0.05, 0) is 20.2 Å². The van der Waals surface area contributed by atoms with Gasteiger partial charge >= 0.3 is 0 Å². The first-order valence-corrected chi connectivity index (χ1v) is 4.76. The second-order valence-electron chi connectivity index (χ2n) is 3.18. The third-order valence-corrected chi connectivity index (χ3v) is 2.11. The molecule has 74 valence electrons. The summed E-state index contributed by atoms with van der Waals surface area (Å²) < 4.78 is 0. The van der Waals surface area contributed by atoms with Crippen LogP contribution in [0.25, 0.3) is 0 Å². The Labute approximate surface area is 84.1 Å². The lowest BCUT2D eigenvalue weighted by Crippen LogP contribution is -2.27. The molecule has 1 rings (SSSR count). The zero-order chi connectivity index (χ0) is 9.68. The van der Waals surface area contributed by atoms with Crippen LogP contribution in [0, 0.1) is 0 Å². The summed E-state index contributed by atoms with van der Waals surface area (Å²) in [5, 5.41) is 3.89. The van der Waals surface area contributed by atoms with Crippen molar-refractivity contribution in [3.63, 3.8) is 0 Å². The van der Waals surface area contributed by atoms with Crippen LogP contribution in [0.2, 0.25) is 5.02 Å². The number of aromatic nitrogens is 1. The van der Waals surface area contributed by atoms with E-state index in [9.17, 15) is 0 Å². The quantitative estimate of drug-likeness (QED) is 0.753. The van der Waals surface area contributed by atoms with Crippen molar-refractivity contribution in [1.82, 2.24) is 15.2 Å². The highest BCUT2D eigenvalue weighted by atomic mass is 35.5. The molecule has 0 amide bonds. The molecule has 0 saturated heterocycles. The van der Waals surface area contributed by atoms with Gasteiger partial charge in [-0.25, -0.2) is 0 Å². The molecule has 4 heteroatoms. The first kappa shape index (κ1) is 10.6. The van der Waals surface area contributed by atoms with E-state index in [1.165, 1.54) is 0 Å². The van der Waals surface area contributed by atoms with E-state index in [0.29, 0.717) is 0 Å². The van der Waals surface area contributed by atoms with Crippen LogP contribution in [0.1, 0.15) is 5.69 Å². The number of likely N-dealkylation sites (N-methyl/N-ethyl adjacent to an activating group) is 2. The van der Waals surface area contributed by atoms with E-state index in [0.717, 1.165) is 30.4 Å². The van der Waals surface area contributed by atoms with Gasteiger partial charge in [0.05, 0.1) is 5.02 Å². The maximum Gasteiger partial charge on any atom is 0.0583 e. The minimum Gasteiger partial charge on any atom is -0.363 e. The summed E-state index contributed by atoms with van der Waals surface area (Å²) in [5.74, 6) is 0. The van der Waals surface area contributed by atoms with Crippen LogP contribution in [0.15, 0.2) is 12.3 Å². The number of rotatable bonds is 5. The standard InChI is InChI=1S/C9H16ClN3/c1-11-3-4-13(2)7-9-5-8(10)6-12-9/h5-6,11-12H,3-4,7H2,1-2H3. The molecule has 0 saturated carbocycles. The van der Waals surface area contributed by atoms with E-state index in [1.54, 1.807) is 0 Å². The average Bonchev–Trinajstić information content (AvgIpc) is 2.48. The highest BCUT2D eigenvalue weighted by molar-refractivity contribution is 6.30. The lowest BCUT2D eigenvalue weighted by Gasteiger charge is -2.14. The molecule has 13 heavy (non-hydrogen) atoms. The largest absolute Gasteiger partial charge is 0.363 e. The molecule has 0 unspecified atom stereocenters. The summed E-state index contributed by atoms with van der Waals surface area (Å²) in [4.78, 5) is 5.35. The second-order valence-corrected chi connectivity index (χ2v) is 3.62. The van der Waals surface area contributed by atoms with Crippen molar-refractivity contribution < 1.29 is 0 Å². The van der Waals surface area contributed by atoms with Crippen molar-refractivity contribution in [2.24, 2.45) is 0 Å². The van der Waals surface area contributed by atoms with Crippen molar-refractivity contribution in [3.05, 3.63) is 23.0 Å². The van der Waals surface area contributed by atoms with Gasteiger partial charge in [-0.15, -0.1) is 0 Å². The molecule has 3 nitrogen and oxygen atoms in total. The molecule has 1 aromatic rings. The highest BCUT2D eigenvalue weighted by Gasteiger charge is 2.01. The summed E-state index contributed by atoms with van der Waals surface area (Å²) in [6.45, 7) is 2.95. The Morgan fingerprint density at radius 3 is 2.92 bits per heavy atom. The minimum atomic E-state index is 0.775. The maximum atomic E-state index is 5.79. The molecular weight excluding hydrogens is 186 g/mol. The summed E-state index contributed by atoms with van der Waals surface area (Å²) in [7, 11) is 4.05. The summed E-state index contributed by atoms with van der Waals surface area (Å²) in [6.07, 6.45) is 1.81. The summed E-state index contributed by atoms with van der Waals surface area (Å²) in [5.41, 5.74) is 1.16. The third kappa shape index (κ3) is 3.81. The Morgan fingerprint density at radius 1 is 1.62 bits per heavy atom. The summed E-state index contributed by atoms with van der Waals surface area (Å²) in [6, 6.07) is 1.96. The number of nitrogens with one attached hydrogen (secondary N) is 2. The molecule has 0 fully saturated rings. The molecule has 1 heterocycles. The van der Waals surface area contributed by atoms with Gasteiger partial charge in [-0.2, -0.15) is 0 Å². The molecule has 0 aliphatic carbocycles. The fraction of sp³-hybridized carbons (Fsp3) is 0.556. The molecule has 0 bridgehead atoms. The number of H-pyrrole nitrogens is 1. The molecule has 1 aromatic heterocycles. The van der Waals surface area contributed by atoms with Gasteiger partial charge in [0.1, 0.15) is 0 Å². The fourth-order valence-electron chi connectivity index (χ4n) is 1.18. The van der Waals surface area contributed by atoms with Crippen LogP contribution in [-0.2, 0) is 6.54 Å². The number of nitrogens with zero attached hydrogens (tertiary/aromatic N) is 1. The zero-order valence-corrected chi connectivity index (χ0v) is 8.86. The van der Waals surface area contributed by atoms with Gasteiger partial charge in [0, 0.05) is 31.5 Å². The topological polar surface area (TPSA) is 31.1 Å². The molecule has 0 aliphatic rings. The zero-order valence-electron chi connectivity index (χ0n) is 8.10. The lowest BCUT2D eigenvalue weighted by molar-refractivity contribution is 0.325. The van der Waals surface area contributed by atoms with Crippen LogP contribution in [-0.4, -0.2) is 37.1 Å². The molecule has 0 radical (unpaired) electrons. The van der Waals surface area contributed by atoms with Crippen LogP contribution < -0.4 is 5.32 Å². The molecule has 2 N–H and O–H groups in total. The Balaban J connectivity index is 2.31. The van der Waals surface area contributed by atoms with Crippen molar-refractivity contribution in [3.8, 4) is 0 Å². The minimum absolute atomic E-state index is 0.775. The van der Waals surface area contributed by atoms with E-state index < -0.39 is 0 Å². The molecule has 0 aliphatic heterocycles. The predicted octanol–water partition coefficient (Wildman–Crippen LogP) is 1.32. The van der Waals surface area contributed by atoms with E-state index in [-0.39, 0.29) is 0 Å². The Bertz CT molecular complexity index is 247. The first-order valence-electron chi connectivity index (χ1n) is 4.38. The van der Waals surface area contributed by atoms with Crippen LogP contribution >= 0.6 is 11.6 Å². The van der Waals surface area contributed by atoms with Gasteiger partial charge in [0.2, 0.25) is 0 Å². The fourth-order valence-corrected chi connectivity index (χ4v) is 1.36. The van der Waals surface area contributed by atoms with Gasteiger partial charge in [0.15, 0.2) is 0 Å². The van der Waals surface area contributed by atoms with Gasteiger partial charge in [-0.1, -0.05) is 11.6 Å². The first-order chi connectivity index (χ1) is 6.22. The lowest BCUT2D eigenvalue weighted by atomic mass is 10.4. The van der Waals surface area contributed by atoms with Crippen LogP contribution in [0.3, 0.4) is 0 Å². The van der Waals surface area contributed by atoms with E-state index in [2.05, 4.69) is 22.2 Å². The number of aromatic amines is 1. The van der Waals surface area contributed by atoms with E-state index in [1.807, 2.05) is 19.3 Å². The maximum absolute atomic E-state index is 5.79. The van der Waals surface area contributed by atoms with Gasteiger partial charge in [-0.3, -0.25) is 4.90 Å². The Morgan fingerprint density at radius 2 is 2.38 bits per heavy atom. The monoisotopic (exact) mass is 201 g/mol. The van der Waals surface area contributed by atoms with Gasteiger partial charge in [0.25, 0.3) is 0 Å². The van der Waals surface area contributed by atoms with Gasteiger partial charge < -0.3 is 10.3 Å². The number of halogens is 1. The predicted molar refractivity (Wildman–Crippen MR) is 56.1 cm³/mol. The number of hydrogen-bond donors (Lipinski definition) is 2. The van der Waals surface area contributed by atoms with Crippen molar-refractivity contribution in [2.45, 2.75) is 6.54 Å². The third-order valence-electron chi connectivity index (χ3n) is 1.89. The molecule has 0 spiro atoms. The van der Waals surface area contributed by atoms with E-state index >= 15 is 0 Å². The molecule has 0 aromatic carbocycles. The number of hydrogen-bond acceptors (Lipinski definition) is 2. The van der Waals surface area contributed by atoms with Crippen molar-refractivity contribution >= 4 is 11.6 Å². The molecule has 0 atom stereocenters. The second kappa shape index (κ2) is 5.27. The molecular formula is C9H16ClN3. The Kier molecular flexibility index (Phi) is 4.28.